The molecule has 0 spiro atoms. The number of nitrogens with one attached hydrogen (secondary N) is 1. The van der Waals surface area contributed by atoms with Gasteiger partial charge in [-0.2, -0.15) is 5.10 Å². The lowest BCUT2D eigenvalue weighted by atomic mass is 10.3. The average Bonchev–Trinajstić information content (AvgIpc) is 2.59. The number of hydrogen-bond donors (Lipinski definition) is 1. The van der Waals surface area contributed by atoms with Crippen LogP contribution in [-0.2, 0) is 4.79 Å². The summed E-state index contributed by atoms with van der Waals surface area (Å²) in [6.45, 7) is 1.35. The summed E-state index contributed by atoms with van der Waals surface area (Å²) in [6, 6.07) is 12.1. The Kier molecular flexibility index (Phi) is 6.51. The molecule has 0 heterocycles. The van der Waals surface area contributed by atoms with E-state index in [1.165, 1.54) is 31.2 Å². The highest BCUT2D eigenvalue weighted by Gasteiger charge is 2.30. The van der Waals surface area contributed by atoms with Gasteiger partial charge in [-0.3, -0.25) is 10.2 Å². The first-order valence-corrected chi connectivity index (χ1v) is 8.11. The standard InChI is InChI=1S/C17H15F3N2O3S/c1-11(23)16(22-21-12-3-5-13(24-2)6-4-12)26-15-9-7-14(8-10-15)25-17(18,19)20/h3-10,21H,1-2H3/b22-16+. The minimum atomic E-state index is -4.75. The van der Waals surface area contributed by atoms with Crippen molar-refractivity contribution < 1.29 is 27.4 Å². The molecule has 0 unspecified atom stereocenters. The Hall–Kier alpha value is -2.68. The molecule has 0 aliphatic heterocycles. The molecule has 0 saturated heterocycles. The maximum atomic E-state index is 12.2. The number of carbonyl (C=O) groups excluding carboxylic acids is 1. The molecule has 138 valence electrons. The van der Waals surface area contributed by atoms with E-state index in [4.69, 9.17) is 4.74 Å². The van der Waals surface area contributed by atoms with Gasteiger partial charge in [0, 0.05) is 11.8 Å². The number of hydrazone groups is 1. The van der Waals surface area contributed by atoms with Crippen LogP contribution in [0.2, 0.25) is 0 Å². The van der Waals surface area contributed by atoms with E-state index in [0.29, 0.717) is 16.3 Å². The first-order chi connectivity index (χ1) is 12.3. The Morgan fingerprint density at radius 3 is 2.12 bits per heavy atom. The molecular weight excluding hydrogens is 369 g/mol. The zero-order valence-electron chi connectivity index (χ0n) is 13.8. The van der Waals surface area contributed by atoms with Crippen molar-refractivity contribution in [2.75, 3.05) is 12.5 Å². The average molecular weight is 384 g/mol. The molecule has 2 aromatic rings. The molecule has 0 aliphatic rings. The van der Waals surface area contributed by atoms with Crippen molar-refractivity contribution in [2.45, 2.75) is 18.2 Å². The second-order valence-corrected chi connectivity index (χ2v) is 6.00. The number of benzene rings is 2. The lowest BCUT2D eigenvalue weighted by Crippen LogP contribution is -2.17. The normalized spacial score (nSPS) is 11.8. The highest BCUT2D eigenvalue weighted by atomic mass is 32.2. The summed E-state index contributed by atoms with van der Waals surface area (Å²) in [5.41, 5.74) is 3.41. The fourth-order valence-electron chi connectivity index (χ4n) is 1.78. The second-order valence-electron chi connectivity index (χ2n) is 4.93. The van der Waals surface area contributed by atoms with E-state index in [2.05, 4.69) is 15.3 Å². The van der Waals surface area contributed by atoms with E-state index in [9.17, 15) is 18.0 Å². The molecule has 0 bridgehead atoms. The molecule has 9 heteroatoms. The molecule has 2 rings (SSSR count). The number of Topliss-reactive ketones (excluding diaryl/α,β-unsaturated/α-hetero) is 1. The van der Waals surface area contributed by atoms with Gasteiger partial charge in [0.2, 0.25) is 0 Å². The molecule has 5 nitrogen and oxygen atoms in total. The predicted molar refractivity (Wildman–Crippen MR) is 93.7 cm³/mol. The fourth-order valence-corrected chi connectivity index (χ4v) is 2.51. The quantitative estimate of drug-likeness (QED) is 0.339. The molecule has 26 heavy (non-hydrogen) atoms. The number of rotatable bonds is 6. The van der Waals surface area contributed by atoms with Crippen molar-refractivity contribution in [2.24, 2.45) is 5.10 Å². The van der Waals surface area contributed by atoms with Crippen LogP contribution in [0.5, 0.6) is 11.5 Å². The smallest absolute Gasteiger partial charge is 0.497 e. The highest BCUT2D eigenvalue weighted by molar-refractivity contribution is 8.15. The molecule has 1 N–H and O–H groups in total. The van der Waals surface area contributed by atoms with Crippen LogP contribution in [0, 0.1) is 0 Å². The summed E-state index contributed by atoms with van der Waals surface area (Å²) in [4.78, 5) is 12.3. The van der Waals surface area contributed by atoms with Crippen LogP contribution >= 0.6 is 11.8 Å². The van der Waals surface area contributed by atoms with E-state index in [0.717, 1.165) is 11.8 Å². The molecule has 2 aromatic carbocycles. The number of hydrogen-bond acceptors (Lipinski definition) is 6. The number of alkyl halides is 3. The van der Waals surface area contributed by atoms with Gasteiger partial charge in [-0.15, -0.1) is 13.2 Å². The van der Waals surface area contributed by atoms with Crippen molar-refractivity contribution in [3.05, 3.63) is 48.5 Å². The molecule has 0 saturated carbocycles. The zero-order valence-corrected chi connectivity index (χ0v) is 14.6. The van der Waals surface area contributed by atoms with Gasteiger partial charge in [0.15, 0.2) is 10.8 Å². The van der Waals surface area contributed by atoms with Crippen LogP contribution in [0.4, 0.5) is 18.9 Å². The lowest BCUT2D eigenvalue weighted by molar-refractivity contribution is -0.274. The number of thioether (sulfide) groups is 1. The summed E-state index contributed by atoms with van der Waals surface area (Å²) < 4.78 is 45.3. The number of nitrogens with zero attached hydrogens (tertiary/aromatic N) is 1. The van der Waals surface area contributed by atoms with Crippen LogP contribution in [0.3, 0.4) is 0 Å². The lowest BCUT2D eigenvalue weighted by Gasteiger charge is -2.09. The first kappa shape index (κ1) is 19.6. The van der Waals surface area contributed by atoms with Crippen LogP contribution in [-0.4, -0.2) is 24.3 Å². The van der Waals surface area contributed by atoms with Gasteiger partial charge in [0.1, 0.15) is 11.5 Å². The van der Waals surface area contributed by atoms with E-state index >= 15 is 0 Å². The van der Waals surface area contributed by atoms with Gasteiger partial charge in [-0.1, -0.05) is 11.8 Å². The maximum absolute atomic E-state index is 12.2. The van der Waals surface area contributed by atoms with Gasteiger partial charge in [-0.25, -0.2) is 0 Å². The first-order valence-electron chi connectivity index (χ1n) is 7.29. The number of carbonyl (C=O) groups is 1. The summed E-state index contributed by atoms with van der Waals surface area (Å²) >= 11 is 1.03. The SMILES string of the molecule is COc1ccc(N/N=C(/Sc2ccc(OC(F)(F)F)cc2)C(C)=O)cc1. The Bertz CT molecular complexity index is 775. The molecule has 0 amide bonds. The van der Waals surface area contributed by atoms with Crippen molar-refractivity contribution in [1.82, 2.24) is 0 Å². The number of ether oxygens (including phenoxy) is 2. The number of methoxy groups -OCH3 is 1. The summed E-state index contributed by atoms with van der Waals surface area (Å²) in [5, 5.41) is 4.21. The topological polar surface area (TPSA) is 59.9 Å². The van der Waals surface area contributed by atoms with E-state index in [1.807, 2.05) is 0 Å². The van der Waals surface area contributed by atoms with Crippen molar-refractivity contribution in [3.8, 4) is 11.5 Å². The summed E-state index contributed by atoms with van der Waals surface area (Å²) in [5.74, 6) is 0.0630. The molecule has 0 atom stereocenters. The highest BCUT2D eigenvalue weighted by Crippen LogP contribution is 2.27. The third-order valence-electron chi connectivity index (χ3n) is 2.95. The predicted octanol–water partition coefficient (Wildman–Crippen LogP) is 4.70. The Balaban J connectivity index is 2.06. The molecule has 0 fully saturated rings. The van der Waals surface area contributed by atoms with Crippen molar-refractivity contribution in [3.63, 3.8) is 0 Å². The van der Waals surface area contributed by atoms with Crippen LogP contribution in [0.15, 0.2) is 58.5 Å². The van der Waals surface area contributed by atoms with E-state index in [-0.39, 0.29) is 16.6 Å². The second kappa shape index (κ2) is 8.61. The Morgan fingerprint density at radius 1 is 1.04 bits per heavy atom. The summed E-state index contributed by atoms with van der Waals surface area (Å²) in [6.07, 6.45) is -4.75. The Labute approximate surface area is 152 Å². The van der Waals surface area contributed by atoms with Gasteiger partial charge in [0.05, 0.1) is 12.8 Å². The van der Waals surface area contributed by atoms with Gasteiger partial charge >= 0.3 is 6.36 Å². The van der Waals surface area contributed by atoms with E-state index in [1.54, 1.807) is 31.4 Å². The molecule has 0 aromatic heterocycles. The molecule has 0 aliphatic carbocycles. The molecular formula is C17H15F3N2O3S. The number of halogens is 3. The van der Waals surface area contributed by atoms with Gasteiger partial charge in [0.25, 0.3) is 0 Å². The monoisotopic (exact) mass is 384 g/mol. The van der Waals surface area contributed by atoms with Crippen LogP contribution < -0.4 is 14.9 Å². The minimum Gasteiger partial charge on any atom is -0.497 e. The third-order valence-corrected chi connectivity index (χ3v) is 4.03. The molecule has 0 radical (unpaired) electrons. The third kappa shape index (κ3) is 6.32. The maximum Gasteiger partial charge on any atom is 0.573 e. The fraction of sp³-hybridized carbons (Fsp3) is 0.176. The number of ketones is 1. The van der Waals surface area contributed by atoms with E-state index < -0.39 is 6.36 Å². The van der Waals surface area contributed by atoms with Gasteiger partial charge < -0.3 is 9.47 Å². The zero-order chi connectivity index (χ0) is 19.2. The Morgan fingerprint density at radius 2 is 1.62 bits per heavy atom. The van der Waals surface area contributed by atoms with Crippen molar-refractivity contribution in [1.29, 1.82) is 0 Å². The van der Waals surface area contributed by atoms with Crippen LogP contribution in [0.1, 0.15) is 6.92 Å². The van der Waals surface area contributed by atoms with Crippen molar-refractivity contribution >= 4 is 28.3 Å². The largest absolute Gasteiger partial charge is 0.573 e. The van der Waals surface area contributed by atoms with Gasteiger partial charge in [-0.05, 0) is 48.5 Å². The summed E-state index contributed by atoms with van der Waals surface area (Å²) in [7, 11) is 1.55. The number of anilines is 1. The minimum absolute atomic E-state index is 0.158. The van der Waals surface area contributed by atoms with Crippen LogP contribution in [0.25, 0.3) is 0 Å².